The number of nitrogens with one attached hydrogen (secondary N) is 3. The molecule has 16 nitrogen and oxygen atoms in total. The third-order valence-electron chi connectivity index (χ3n) is 11.1. The average molecular weight is 988 g/mol. The van der Waals surface area contributed by atoms with Gasteiger partial charge in [-0.25, -0.2) is 9.78 Å². The van der Waals surface area contributed by atoms with Crippen molar-refractivity contribution in [2.75, 3.05) is 83.6 Å². The molecule has 0 aliphatic carbocycles. The predicted octanol–water partition coefficient (Wildman–Crippen LogP) is 7.37. The van der Waals surface area contributed by atoms with Gasteiger partial charge in [0, 0.05) is 63.4 Å². The Kier molecular flexibility index (Phi) is 24.4. The number of amides is 4. The van der Waals surface area contributed by atoms with Crippen LogP contribution in [-0.2, 0) is 47.9 Å². The summed E-state index contributed by atoms with van der Waals surface area (Å²) in [6.45, 7) is 13.8. The van der Waals surface area contributed by atoms with Crippen molar-refractivity contribution in [1.29, 1.82) is 0 Å². The molecule has 0 atom stereocenters. The van der Waals surface area contributed by atoms with Gasteiger partial charge in [-0.05, 0) is 112 Å². The Balaban J connectivity index is 1.26. The van der Waals surface area contributed by atoms with Crippen LogP contribution in [0.15, 0.2) is 84.9 Å². The lowest BCUT2D eigenvalue weighted by Gasteiger charge is -2.32. The molecule has 4 rings (SSSR count). The van der Waals surface area contributed by atoms with Crippen LogP contribution in [0, 0.1) is 0 Å². The van der Waals surface area contributed by atoms with Crippen LogP contribution >= 0.6 is 11.6 Å². The number of carbonyl (C=O) groups excluding carboxylic acids is 5. The maximum Gasteiger partial charge on any atom is 0.338 e. The molecule has 0 spiro atoms. The molecule has 17 heteroatoms. The van der Waals surface area contributed by atoms with Gasteiger partial charge in [0.25, 0.3) is 11.8 Å². The summed E-state index contributed by atoms with van der Waals surface area (Å²) in [6.07, 6.45) is 3.42. The standard InChI is InChI=1S/C53H71ClN6O10/c1-7-44(8-2)60(28-27-59(6)48(63)25-24-47(62)55-26-30-67-32-34-69-35-33-68-31-29-61)37-40-10-9-11-42(36-40)50(64)57-45-22-23-46(54)58-49(45)51(65)56-43-20-16-39(17-21-43)13-12-38-14-18-41(19-15-38)52(66)70-53(3,4)5/h9-11,14-23,36,44,61H,7-8,12-13,24-35,37H2,1-6H3,(H,55,62)(H,56,65)(H,57,64). The molecule has 0 aliphatic rings. The molecule has 0 saturated carbocycles. The number of carbonyl (C=O) groups is 5. The first-order valence-electron chi connectivity index (χ1n) is 24.0. The summed E-state index contributed by atoms with van der Waals surface area (Å²) in [5.74, 6) is -1.69. The molecule has 4 aromatic rings. The van der Waals surface area contributed by atoms with Gasteiger partial charge < -0.3 is 44.9 Å². The topological polar surface area (TPSA) is 198 Å². The van der Waals surface area contributed by atoms with E-state index in [0.29, 0.717) is 76.0 Å². The van der Waals surface area contributed by atoms with Gasteiger partial charge in [0.05, 0.1) is 57.5 Å². The van der Waals surface area contributed by atoms with Crippen molar-refractivity contribution < 1.29 is 48.0 Å². The largest absolute Gasteiger partial charge is 0.456 e. The lowest BCUT2D eigenvalue weighted by Crippen LogP contribution is -2.41. The Morgan fingerprint density at radius 3 is 1.97 bits per heavy atom. The minimum Gasteiger partial charge on any atom is -0.456 e. The quantitative estimate of drug-likeness (QED) is 0.0230. The smallest absolute Gasteiger partial charge is 0.338 e. The number of esters is 1. The van der Waals surface area contributed by atoms with Gasteiger partial charge in [0.2, 0.25) is 11.8 Å². The SMILES string of the molecule is CCC(CC)N(CCN(C)C(=O)CCC(=O)NCCOCCOCCOCCO)Cc1cccc(C(=O)Nc2ccc(Cl)nc2C(=O)Nc2ccc(CCc3ccc(C(=O)OC(C)(C)C)cc3)cc2)c1. The van der Waals surface area contributed by atoms with E-state index < -0.39 is 17.4 Å². The minimum atomic E-state index is -0.566. The summed E-state index contributed by atoms with van der Waals surface area (Å²) in [5.41, 5.74) is 4.05. The minimum absolute atomic E-state index is 0.0258. The van der Waals surface area contributed by atoms with E-state index in [1.165, 1.54) is 6.07 Å². The van der Waals surface area contributed by atoms with Gasteiger partial charge in [-0.3, -0.25) is 24.1 Å². The molecule has 0 unspecified atom stereocenters. The number of hydrogen-bond acceptors (Lipinski definition) is 12. The molecule has 0 bridgehead atoms. The lowest BCUT2D eigenvalue weighted by molar-refractivity contribution is -0.132. The summed E-state index contributed by atoms with van der Waals surface area (Å²) >= 11 is 6.25. The molecule has 1 aromatic heterocycles. The summed E-state index contributed by atoms with van der Waals surface area (Å²) < 4.78 is 21.4. The highest BCUT2D eigenvalue weighted by Gasteiger charge is 2.22. The van der Waals surface area contributed by atoms with Gasteiger partial charge in [0.1, 0.15) is 10.8 Å². The predicted molar refractivity (Wildman–Crippen MR) is 271 cm³/mol. The molecule has 4 amide bonds. The summed E-state index contributed by atoms with van der Waals surface area (Å²) in [7, 11) is 1.74. The zero-order valence-electron chi connectivity index (χ0n) is 41.5. The molecule has 0 saturated heterocycles. The normalized spacial score (nSPS) is 11.4. The number of aliphatic hydroxyl groups is 1. The summed E-state index contributed by atoms with van der Waals surface area (Å²) in [5, 5.41) is 17.3. The zero-order valence-corrected chi connectivity index (χ0v) is 42.3. The number of ether oxygens (including phenoxy) is 4. The second-order valence-electron chi connectivity index (χ2n) is 17.7. The van der Waals surface area contributed by atoms with Crippen molar-refractivity contribution in [3.63, 3.8) is 0 Å². The second-order valence-corrected chi connectivity index (χ2v) is 18.1. The number of rotatable bonds is 30. The van der Waals surface area contributed by atoms with Crippen molar-refractivity contribution in [2.24, 2.45) is 0 Å². The van der Waals surface area contributed by atoms with Crippen LogP contribution in [-0.4, -0.2) is 134 Å². The fourth-order valence-electron chi connectivity index (χ4n) is 7.30. The van der Waals surface area contributed by atoms with Crippen LogP contribution in [0.25, 0.3) is 0 Å². The zero-order chi connectivity index (χ0) is 50.9. The Morgan fingerprint density at radius 2 is 1.34 bits per heavy atom. The van der Waals surface area contributed by atoms with Crippen LogP contribution in [0.4, 0.5) is 11.4 Å². The highest BCUT2D eigenvalue weighted by molar-refractivity contribution is 6.29. The third kappa shape index (κ3) is 20.7. The van der Waals surface area contributed by atoms with E-state index in [9.17, 15) is 24.0 Å². The Labute approximate surface area is 417 Å². The molecule has 0 fully saturated rings. The number of anilines is 2. The van der Waals surface area contributed by atoms with Gasteiger partial charge in [0.15, 0.2) is 5.69 Å². The molecule has 0 aliphatic heterocycles. The van der Waals surface area contributed by atoms with E-state index in [1.807, 2.05) is 63.2 Å². The molecule has 0 radical (unpaired) electrons. The van der Waals surface area contributed by atoms with Crippen LogP contribution in [0.2, 0.25) is 5.15 Å². The molecule has 70 heavy (non-hydrogen) atoms. The number of pyridine rings is 1. The number of aryl methyl sites for hydroxylation is 2. The maximum absolute atomic E-state index is 13.7. The number of likely N-dealkylation sites (N-methyl/N-ethyl adjacent to an activating group) is 1. The molecule has 3 aromatic carbocycles. The Morgan fingerprint density at radius 1 is 0.714 bits per heavy atom. The van der Waals surface area contributed by atoms with E-state index in [0.717, 1.165) is 42.4 Å². The average Bonchev–Trinajstić information content (AvgIpc) is 3.34. The second kappa shape index (κ2) is 30.1. The van der Waals surface area contributed by atoms with Crippen molar-refractivity contribution in [1.82, 2.24) is 20.1 Å². The van der Waals surface area contributed by atoms with Crippen molar-refractivity contribution >= 4 is 52.6 Å². The highest BCUT2D eigenvalue weighted by Crippen LogP contribution is 2.22. The number of benzene rings is 3. The molecule has 1 heterocycles. The monoisotopic (exact) mass is 986 g/mol. The fraction of sp³-hybridized carbons (Fsp3) is 0.472. The molecular formula is C53H71ClN6O10. The molecular weight excluding hydrogens is 916 g/mol. The highest BCUT2D eigenvalue weighted by atomic mass is 35.5. The van der Waals surface area contributed by atoms with E-state index in [4.69, 9.17) is 35.7 Å². The van der Waals surface area contributed by atoms with Crippen LogP contribution in [0.5, 0.6) is 0 Å². The first kappa shape index (κ1) is 56.8. The van der Waals surface area contributed by atoms with E-state index in [2.05, 4.69) is 39.7 Å². The van der Waals surface area contributed by atoms with Crippen molar-refractivity contribution in [2.45, 2.75) is 91.3 Å². The van der Waals surface area contributed by atoms with Gasteiger partial charge in [-0.2, -0.15) is 0 Å². The first-order valence-corrected chi connectivity index (χ1v) is 24.3. The number of hydrogen-bond donors (Lipinski definition) is 4. The van der Waals surface area contributed by atoms with Crippen molar-refractivity contribution in [3.8, 4) is 0 Å². The van der Waals surface area contributed by atoms with Crippen LogP contribution < -0.4 is 16.0 Å². The van der Waals surface area contributed by atoms with Crippen LogP contribution in [0.3, 0.4) is 0 Å². The van der Waals surface area contributed by atoms with Crippen molar-refractivity contribution in [3.05, 3.63) is 124 Å². The number of aromatic nitrogens is 1. The first-order chi connectivity index (χ1) is 33.6. The van der Waals surface area contributed by atoms with Gasteiger partial charge in [-0.1, -0.05) is 61.8 Å². The van der Waals surface area contributed by atoms with Gasteiger partial charge >= 0.3 is 5.97 Å². The maximum atomic E-state index is 13.7. The summed E-state index contributed by atoms with van der Waals surface area (Å²) in [6, 6.07) is 25.4. The Bertz CT molecular complexity index is 2270. The number of aliphatic hydroxyl groups excluding tert-OH is 1. The van der Waals surface area contributed by atoms with E-state index in [1.54, 1.807) is 48.3 Å². The lowest BCUT2D eigenvalue weighted by atomic mass is 10.0. The number of nitrogens with zero attached hydrogens (tertiary/aromatic N) is 3. The fourth-order valence-corrected chi connectivity index (χ4v) is 7.44. The summed E-state index contributed by atoms with van der Waals surface area (Å²) in [4.78, 5) is 73.4. The third-order valence-corrected chi connectivity index (χ3v) is 11.3. The number of halogens is 1. The van der Waals surface area contributed by atoms with E-state index in [-0.39, 0.29) is 66.4 Å². The molecule has 4 N–H and O–H groups in total. The molecule has 380 valence electrons. The Hall–Kier alpha value is -5.75. The van der Waals surface area contributed by atoms with Crippen LogP contribution in [0.1, 0.15) is 108 Å². The van der Waals surface area contributed by atoms with Gasteiger partial charge in [-0.15, -0.1) is 0 Å². The van der Waals surface area contributed by atoms with E-state index >= 15 is 0 Å².